The quantitative estimate of drug-likeness (QED) is 0.161. The Balaban J connectivity index is 1.10. The molecule has 0 bridgehead atoms. The highest BCUT2D eigenvalue weighted by atomic mass is 16.3. The molecule has 0 N–H and O–H groups in total. The Morgan fingerprint density at radius 3 is 1.70 bits per heavy atom. The van der Waals surface area contributed by atoms with Crippen LogP contribution < -0.4 is 4.90 Å². The van der Waals surface area contributed by atoms with Crippen LogP contribution in [-0.4, -0.2) is 4.57 Å². The van der Waals surface area contributed by atoms with Gasteiger partial charge in [0.1, 0.15) is 11.2 Å². The summed E-state index contributed by atoms with van der Waals surface area (Å²) in [5.74, 6) is 0. The molecule has 0 atom stereocenters. The van der Waals surface area contributed by atoms with Crippen LogP contribution in [-0.2, 0) is 0 Å². The summed E-state index contributed by atoms with van der Waals surface area (Å²) in [7, 11) is 0. The molecule has 3 heteroatoms. The molecule has 12 aromatic rings. The minimum atomic E-state index is 0.882. The molecule has 61 heavy (non-hydrogen) atoms. The van der Waals surface area contributed by atoms with E-state index in [0.29, 0.717) is 0 Å². The van der Waals surface area contributed by atoms with Crippen LogP contribution in [0.2, 0.25) is 0 Å². The summed E-state index contributed by atoms with van der Waals surface area (Å²) in [4.78, 5) is 2.44. The Kier molecular flexibility index (Phi) is 8.17. The number of hydrogen-bond acceptors (Lipinski definition) is 2. The highest BCUT2D eigenvalue weighted by molar-refractivity contribution is 6.12. The van der Waals surface area contributed by atoms with Crippen LogP contribution >= 0.6 is 0 Å². The number of furan rings is 1. The monoisotopic (exact) mass is 778 g/mol. The first-order valence-electron chi connectivity index (χ1n) is 20.8. The van der Waals surface area contributed by atoms with Crippen LogP contribution in [0.4, 0.5) is 17.1 Å². The van der Waals surface area contributed by atoms with E-state index in [1.807, 2.05) is 6.07 Å². The van der Waals surface area contributed by atoms with Crippen molar-refractivity contribution in [3.8, 4) is 39.1 Å². The number of fused-ring (bicyclic) bond motifs is 7. The zero-order chi connectivity index (χ0) is 40.3. The van der Waals surface area contributed by atoms with Crippen molar-refractivity contribution in [2.75, 3.05) is 4.90 Å². The summed E-state index contributed by atoms with van der Waals surface area (Å²) in [5, 5.41) is 7.14. The van der Waals surface area contributed by atoms with E-state index in [1.165, 1.54) is 32.6 Å². The molecule has 0 fully saturated rings. The van der Waals surface area contributed by atoms with Gasteiger partial charge in [-0.05, 0) is 76.5 Å². The lowest BCUT2D eigenvalue weighted by Gasteiger charge is -2.30. The SMILES string of the molecule is c1cc(-c2ccccc2-n2c3ccccc3c3ccccc32)cc(N(c2ccccc2-c2ccc3ccccc3c2)c2ccccc2-c2cccc3c2oc2ccccc23)c1. The van der Waals surface area contributed by atoms with Crippen molar-refractivity contribution < 1.29 is 4.42 Å². The molecule has 0 spiro atoms. The minimum Gasteiger partial charge on any atom is -0.455 e. The van der Waals surface area contributed by atoms with E-state index in [-0.39, 0.29) is 0 Å². The van der Waals surface area contributed by atoms with Gasteiger partial charge in [0.25, 0.3) is 0 Å². The lowest BCUT2D eigenvalue weighted by molar-refractivity contribution is 0.670. The average Bonchev–Trinajstić information content (AvgIpc) is 3.88. The van der Waals surface area contributed by atoms with Gasteiger partial charge in [0.15, 0.2) is 0 Å². The lowest BCUT2D eigenvalue weighted by atomic mass is 9.96. The normalized spacial score (nSPS) is 11.6. The van der Waals surface area contributed by atoms with E-state index >= 15 is 0 Å². The third-order valence-corrected chi connectivity index (χ3v) is 12.2. The molecule has 286 valence electrons. The lowest BCUT2D eigenvalue weighted by Crippen LogP contribution is -2.12. The number of para-hydroxylation sites is 7. The highest BCUT2D eigenvalue weighted by Gasteiger charge is 2.24. The standard InChI is InChI=1S/C58H38N2O/c1-2-18-40-37-42(36-35-39(40)17-1)45-22-3-9-29-52(45)59(54-31-11-7-25-48(54)50-27-16-28-51-49-26-8-14-34-57(49)61-58(50)51)43-20-15-19-41(38-43)44-21-4-10-30-53(44)60-55-32-12-5-23-46(55)47-24-6-13-33-56(47)60/h1-38H. The van der Waals surface area contributed by atoms with Crippen LogP contribution in [0.3, 0.4) is 0 Å². The van der Waals surface area contributed by atoms with E-state index < -0.39 is 0 Å². The summed E-state index contributed by atoms with van der Waals surface area (Å²) in [5.41, 5.74) is 15.2. The van der Waals surface area contributed by atoms with Crippen molar-refractivity contribution in [2.45, 2.75) is 0 Å². The van der Waals surface area contributed by atoms with Gasteiger partial charge in [-0.2, -0.15) is 0 Å². The second-order valence-electron chi connectivity index (χ2n) is 15.6. The van der Waals surface area contributed by atoms with Crippen LogP contribution in [0.5, 0.6) is 0 Å². The second-order valence-corrected chi connectivity index (χ2v) is 15.6. The maximum Gasteiger partial charge on any atom is 0.143 e. The van der Waals surface area contributed by atoms with Crippen LogP contribution in [0.25, 0.3) is 93.6 Å². The van der Waals surface area contributed by atoms with Crippen molar-refractivity contribution in [1.82, 2.24) is 4.57 Å². The number of rotatable bonds is 7. The maximum atomic E-state index is 6.68. The van der Waals surface area contributed by atoms with E-state index in [4.69, 9.17) is 4.42 Å². The fourth-order valence-corrected chi connectivity index (χ4v) is 9.44. The summed E-state index contributed by atoms with van der Waals surface area (Å²) in [6.07, 6.45) is 0. The predicted octanol–water partition coefficient (Wildman–Crippen LogP) is 16.3. The largest absolute Gasteiger partial charge is 0.455 e. The molecule has 0 amide bonds. The van der Waals surface area contributed by atoms with Gasteiger partial charge in [0.2, 0.25) is 0 Å². The molecular weight excluding hydrogens is 741 g/mol. The molecule has 10 aromatic carbocycles. The van der Waals surface area contributed by atoms with Gasteiger partial charge in [-0.3, -0.25) is 0 Å². The van der Waals surface area contributed by atoms with Crippen molar-refractivity contribution in [2.24, 2.45) is 0 Å². The summed E-state index contributed by atoms with van der Waals surface area (Å²) in [6.45, 7) is 0. The van der Waals surface area contributed by atoms with Gasteiger partial charge in [-0.15, -0.1) is 0 Å². The van der Waals surface area contributed by atoms with Gasteiger partial charge >= 0.3 is 0 Å². The zero-order valence-electron chi connectivity index (χ0n) is 33.2. The first-order valence-corrected chi connectivity index (χ1v) is 20.8. The molecule has 0 aliphatic rings. The molecule has 2 aromatic heterocycles. The Morgan fingerprint density at radius 2 is 0.902 bits per heavy atom. The van der Waals surface area contributed by atoms with Crippen molar-refractivity contribution in [1.29, 1.82) is 0 Å². The molecule has 0 unspecified atom stereocenters. The molecule has 0 saturated heterocycles. The van der Waals surface area contributed by atoms with Gasteiger partial charge < -0.3 is 13.9 Å². The van der Waals surface area contributed by atoms with Crippen LogP contribution in [0.1, 0.15) is 0 Å². The van der Waals surface area contributed by atoms with Crippen molar-refractivity contribution in [3.63, 3.8) is 0 Å². The number of benzene rings is 10. The fourth-order valence-electron chi connectivity index (χ4n) is 9.44. The first-order chi connectivity index (χ1) is 30.3. The molecule has 0 saturated carbocycles. The smallest absolute Gasteiger partial charge is 0.143 e. The Labute approximate surface area is 353 Å². The predicted molar refractivity (Wildman–Crippen MR) is 257 cm³/mol. The number of nitrogens with zero attached hydrogens (tertiary/aromatic N) is 2. The number of anilines is 3. The molecule has 0 aliphatic heterocycles. The van der Waals surface area contributed by atoms with Crippen molar-refractivity contribution >= 4 is 71.6 Å². The molecule has 0 radical (unpaired) electrons. The number of aromatic nitrogens is 1. The summed E-state index contributed by atoms with van der Waals surface area (Å²) in [6, 6.07) is 83.0. The molecule has 12 rings (SSSR count). The van der Waals surface area contributed by atoms with Gasteiger partial charge in [0.05, 0.1) is 28.1 Å². The topological polar surface area (TPSA) is 21.3 Å². The maximum absolute atomic E-state index is 6.68. The third-order valence-electron chi connectivity index (χ3n) is 12.2. The van der Waals surface area contributed by atoms with Crippen LogP contribution in [0, 0.1) is 0 Å². The highest BCUT2D eigenvalue weighted by Crippen LogP contribution is 2.48. The average molecular weight is 779 g/mol. The van der Waals surface area contributed by atoms with Gasteiger partial charge in [-0.25, -0.2) is 0 Å². The molecular formula is C58H38N2O. The third kappa shape index (κ3) is 5.74. The molecule has 0 aliphatic carbocycles. The Morgan fingerprint density at radius 1 is 0.344 bits per heavy atom. The van der Waals surface area contributed by atoms with Gasteiger partial charge in [-0.1, -0.05) is 176 Å². The minimum absolute atomic E-state index is 0.882. The van der Waals surface area contributed by atoms with E-state index in [2.05, 4.69) is 234 Å². The van der Waals surface area contributed by atoms with E-state index in [9.17, 15) is 0 Å². The Bertz CT molecular complexity index is 3570. The fraction of sp³-hybridized carbons (Fsp3) is 0. The first kappa shape index (κ1) is 34.9. The van der Waals surface area contributed by atoms with E-state index in [0.717, 1.165) is 78.1 Å². The molecule has 2 heterocycles. The van der Waals surface area contributed by atoms with Crippen molar-refractivity contribution in [3.05, 3.63) is 231 Å². The second kappa shape index (κ2) is 14.3. The Hall–Kier alpha value is -8.14. The van der Waals surface area contributed by atoms with Gasteiger partial charge in [0, 0.05) is 49.5 Å². The summed E-state index contributed by atoms with van der Waals surface area (Å²) < 4.78 is 9.10. The molecule has 3 nitrogen and oxygen atoms in total. The zero-order valence-corrected chi connectivity index (χ0v) is 33.2. The van der Waals surface area contributed by atoms with Crippen LogP contribution in [0.15, 0.2) is 235 Å². The number of hydrogen-bond donors (Lipinski definition) is 0. The summed E-state index contributed by atoms with van der Waals surface area (Å²) >= 11 is 0. The van der Waals surface area contributed by atoms with E-state index in [1.54, 1.807) is 0 Å².